The molecule has 0 radical (unpaired) electrons. The van der Waals surface area contributed by atoms with Crippen molar-refractivity contribution in [2.24, 2.45) is 0 Å². The highest BCUT2D eigenvalue weighted by atomic mass is 32.2. The zero-order valence-corrected chi connectivity index (χ0v) is 20.6. The van der Waals surface area contributed by atoms with Gasteiger partial charge in [0.15, 0.2) is 0 Å². The van der Waals surface area contributed by atoms with Crippen molar-refractivity contribution in [2.45, 2.75) is 71.8 Å². The van der Waals surface area contributed by atoms with Gasteiger partial charge in [0.1, 0.15) is 11.9 Å². The molecule has 0 unspecified atom stereocenters. The first kappa shape index (κ1) is 25.9. The molecular formula is C26H35FN2O2S. The van der Waals surface area contributed by atoms with Gasteiger partial charge in [0.2, 0.25) is 11.8 Å². The highest BCUT2D eigenvalue weighted by molar-refractivity contribution is 7.99. The molecule has 2 aromatic carbocycles. The number of aryl methyl sites for hydroxylation is 2. The molecule has 1 N–H and O–H groups in total. The van der Waals surface area contributed by atoms with E-state index >= 15 is 0 Å². The Morgan fingerprint density at radius 2 is 1.62 bits per heavy atom. The summed E-state index contributed by atoms with van der Waals surface area (Å²) in [6, 6.07) is 12.0. The van der Waals surface area contributed by atoms with Crippen molar-refractivity contribution in [1.29, 1.82) is 0 Å². The van der Waals surface area contributed by atoms with E-state index in [0.717, 1.165) is 17.7 Å². The summed E-state index contributed by atoms with van der Waals surface area (Å²) in [5.41, 5.74) is 4.40. The number of hydrogen-bond donors (Lipinski definition) is 1. The first-order valence-corrected chi connectivity index (χ1v) is 12.4. The van der Waals surface area contributed by atoms with Crippen molar-refractivity contribution in [3.8, 4) is 0 Å². The fraction of sp³-hybridized carbons (Fsp3) is 0.462. The number of nitrogens with zero attached hydrogens (tertiary/aromatic N) is 1. The zero-order chi connectivity index (χ0) is 23.7. The van der Waals surface area contributed by atoms with E-state index in [1.165, 1.54) is 28.8 Å². The van der Waals surface area contributed by atoms with Gasteiger partial charge in [-0.3, -0.25) is 9.59 Å². The number of halogens is 1. The summed E-state index contributed by atoms with van der Waals surface area (Å²) in [5, 5.41) is 3.01. The fourth-order valence-electron chi connectivity index (χ4n) is 3.64. The highest BCUT2D eigenvalue weighted by Crippen LogP contribution is 2.19. The Kier molecular flexibility index (Phi) is 10.2. The van der Waals surface area contributed by atoms with Crippen LogP contribution in [-0.4, -0.2) is 34.6 Å². The maximum absolute atomic E-state index is 13.4. The van der Waals surface area contributed by atoms with E-state index in [1.807, 2.05) is 20.8 Å². The summed E-state index contributed by atoms with van der Waals surface area (Å²) < 4.78 is 13.4. The number of rotatable bonds is 11. The molecule has 2 atom stereocenters. The Balaban J connectivity index is 2.14. The van der Waals surface area contributed by atoms with Crippen LogP contribution in [0.25, 0.3) is 0 Å². The molecule has 0 saturated heterocycles. The van der Waals surface area contributed by atoms with E-state index in [0.29, 0.717) is 6.42 Å². The molecule has 0 aliphatic heterocycles. The van der Waals surface area contributed by atoms with E-state index in [4.69, 9.17) is 0 Å². The van der Waals surface area contributed by atoms with E-state index in [1.54, 1.807) is 28.8 Å². The van der Waals surface area contributed by atoms with Crippen LogP contribution in [0.1, 0.15) is 55.9 Å². The lowest BCUT2D eigenvalue weighted by molar-refractivity contribution is -0.139. The van der Waals surface area contributed by atoms with Crippen LogP contribution in [0.4, 0.5) is 4.39 Å². The second-order valence-electron chi connectivity index (χ2n) is 8.38. The van der Waals surface area contributed by atoms with Gasteiger partial charge in [-0.2, -0.15) is 0 Å². The van der Waals surface area contributed by atoms with Gasteiger partial charge < -0.3 is 10.2 Å². The molecular weight excluding hydrogens is 423 g/mol. The van der Waals surface area contributed by atoms with E-state index in [9.17, 15) is 14.0 Å². The summed E-state index contributed by atoms with van der Waals surface area (Å²) in [7, 11) is 0. The standard InChI is InChI=1S/C26H35FN2O2S/c1-6-20(5)28-26(31)24(7-2)29(15-21-8-10-23(27)11-9-21)25(30)17-32-16-22-13-18(3)12-19(4)14-22/h8-14,20,24H,6-7,15-17H2,1-5H3,(H,28,31)/t20-,24-/m0/s1. The third-order valence-corrected chi connectivity index (χ3v) is 6.42. The van der Waals surface area contributed by atoms with Crippen LogP contribution >= 0.6 is 11.8 Å². The zero-order valence-electron chi connectivity index (χ0n) is 19.8. The third-order valence-electron chi connectivity index (χ3n) is 5.43. The van der Waals surface area contributed by atoms with Crippen LogP contribution < -0.4 is 5.32 Å². The van der Waals surface area contributed by atoms with Crippen molar-refractivity contribution in [3.63, 3.8) is 0 Å². The van der Waals surface area contributed by atoms with Gasteiger partial charge in [-0.1, -0.05) is 55.3 Å². The van der Waals surface area contributed by atoms with Crippen molar-refractivity contribution in [1.82, 2.24) is 10.2 Å². The molecule has 2 aromatic rings. The van der Waals surface area contributed by atoms with Gasteiger partial charge in [-0.25, -0.2) is 4.39 Å². The Bertz CT molecular complexity index is 881. The van der Waals surface area contributed by atoms with Gasteiger partial charge in [0.25, 0.3) is 0 Å². The summed E-state index contributed by atoms with van der Waals surface area (Å²) in [4.78, 5) is 27.8. The number of thioether (sulfide) groups is 1. The first-order valence-electron chi connectivity index (χ1n) is 11.2. The molecule has 0 aromatic heterocycles. The molecule has 2 rings (SSSR count). The molecule has 0 fully saturated rings. The first-order chi connectivity index (χ1) is 15.2. The van der Waals surface area contributed by atoms with Crippen LogP contribution in [-0.2, 0) is 21.9 Å². The quantitative estimate of drug-likeness (QED) is 0.491. The van der Waals surface area contributed by atoms with Crippen molar-refractivity contribution < 1.29 is 14.0 Å². The summed E-state index contributed by atoms with van der Waals surface area (Å²) >= 11 is 1.55. The molecule has 174 valence electrons. The van der Waals surface area contributed by atoms with Crippen molar-refractivity contribution in [2.75, 3.05) is 5.75 Å². The molecule has 0 heterocycles. The molecule has 4 nitrogen and oxygen atoms in total. The number of carbonyl (C=O) groups is 2. The summed E-state index contributed by atoms with van der Waals surface area (Å²) in [6.45, 7) is 10.3. The predicted molar refractivity (Wildman–Crippen MR) is 131 cm³/mol. The highest BCUT2D eigenvalue weighted by Gasteiger charge is 2.29. The van der Waals surface area contributed by atoms with Crippen LogP contribution in [0, 0.1) is 19.7 Å². The molecule has 32 heavy (non-hydrogen) atoms. The lowest BCUT2D eigenvalue weighted by Gasteiger charge is -2.31. The molecule has 0 spiro atoms. The molecule has 0 bridgehead atoms. The molecule has 0 aliphatic carbocycles. The number of amides is 2. The fourth-order valence-corrected chi connectivity index (χ4v) is 4.48. The number of hydrogen-bond acceptors (Lipinski definition) is 3. The Hall–Kier alpha value is -2.34. The number of nitrogens with one attached hydrogen (secondary N) is 1. The molecule has 0 aliphatic rings. The molecule has 6 heteroatoms. The normalized spacial score (nSPS) is 12.8. The Morgan fingerprint density at radius 3 is 2.19 bits per heavy atom. The third kappa shape index (κ3) is 7.97. The lowest BCUT2D eigenvalue weighted by Crippen LogP contribution is -2.51. The maximum atomic E-state index is 13.4. The van der Waals surface area contributed by atoms with Crippen molar-refractivity contribution in [3.05, 3.63) is 70.5 Å². The number of carbonyl (C=O) groups excluding carboxylic acids is 2. The van der Waals surface area contributed by atoms with Gasteiger partial charge >= 0.3 is 0 Å². The van der Waals surface area contributed by atoms with E-state index < -0.39 is 6.04 Å². The van der Waals surface area contributed by atoms with Crippen molar-refractivity contribution >= 4 is 23.6 Å². The second-order valence-corrected chi connectivity index (χ2v) is 9.36. The summed E-state index contributed by atoms with van der Waals surface area (Å²) in [6.07, 6.45) is 1.33. The van der Waals surface area contributed by atoms with Crippen LogP contribution in [0.3, 0.4) is 0 Å². The van der Waals surface area contributed by atoms with Gasteiger partial charge in [0.05, 0.1) is 5.75 Å². The minimum Gasteiger partial charge on any atom is -0.352 e. The average molecular weight is 459 g/mol. The SMILES string of the molecule is CC[C@H](C)NC(=O)[C@H](CC)N(Cc1ccc(F)cc1)C(=O)CSCc1cc(C)cc(C)c1. The summed E-state index contributed by atoms with van der Waals surface area (Å²) in [5.74, 6) is 0.458. The van der Waals surface area contributed by atoms with E-state index in [2.05, 4.69) is 37.4 Å². The second kappa shape index (κ2) is 12.6. The smallest absolute Gasteiger partial charge is 0.243 e. The Labute approximate surface area is 196 Å². The maximum Gasteiger partial charge on any atom is 0.243 e. The van der Waals surface area contributed by atoms with Crippen LogP contribution in [0.5, 0.6) is 0 Å². The molecule has 0 saturated carbocycles. The monoisotopic (exact) mass is 458 g/mol. The average Bonchev–Trinajstić information content (AvgIpc) is 2.74. The van der Waals surface area contributed by atoms with Gasteiger partial charge in [0, 0.05) is 18.3 Å². The minimum absolute atomic E-state index is 0.0401. The topological polar surface area (TPSA) is 49.4 Å². The Morgan fingerprint density at radius 1 is 1.00 bits per heavy atom. The van der Waals surface area contributed by atoms with E-state index in [-0.39, 0.29) is 36.0 Å². The van der Waals surface area contributed by atoms with Crippen LogP contribution in [0.2, 0.25) is 0 Å². The minimum atomic E-state index is -0.566. The molecule has 2 amide bonds. The lowest BCUT2D eigenvalue weighted by atomic mass is 10.1. The number of benzene rings is 2. The largest absolute Gasteiger partial charge is 0.352 e. The predicted octanol–water partition coefficient (Wildman–Crippen LogP) is 5.40. The van der Waals surface area contributed by atoms with Gasteiger partial charge in [-0.15, -0.1) is 11.8 Å². The van der Waals surface area contributed by atoms with Gasteiger partial charge in [-0.05, 0) is 56.9 Å². The van der Waals surface area contributed by atoms with Crippen LogP contribution in [0.15, 0.2) is 42.5 Å².